The second-order valence-corrected chi connectivity index (χ2v) is 4.25. The smallest absolute Gasteiger partial charge is 0.335 e. The third-order valence-electron chi connectivity index (χ3n) is 2.79. The topological polar surface area (TPSA) is 57.5 Å². The third kappa shape index (κ3) is 5.78. The second kappa shape index (κ2) is 7.69. The highest BCUT2D eigenvalue weighted by atomic mass is 16.4. The van der Waals surface area contributed by atoms with Crippen LogP contribution in [0.25, 0.3) is 0 Å². The van der Waals surface area contributed by atoms with E-state index in [2.05, 4.69) is 6.92 Å². The Morgan fingerprint density at radius 3 is 2.00 bits per heavy atom. The molecule has 0 aliphatic carbocycles. The molecule has 0 radical (unpaired) electrons. The van der Waals surface area contributed by atoms with Gasteiger partial charge in [-0.1, -0.05) is 46.0 Å². The molecule has 1 unspecified atom stereocenters. The molecule has 15 heavy (non-hydrogen) atoms. The molecule has 0 heterocycles. The van der Waals surface area contributed by atoms with Crippen LogP contribution < -0.4 is 0 Å². The molecule has 3 nitrogen and oxygen atoms in total. The minimum Gasteiger partial charge on any atom is -0.479 e. The minimum atomic E-state index is -1.48. The van der Waals surface area contributed by atoms with Gasteiger partial charge in [-0.15, -0.1) is 0 Å². The quantitative estimate of drug-likeness (QED) is 0.582. The summed E-state index contributed by atoms with van der Waals surface area (Å²) in [5, 5.41) is 18.9. The first-order chi connectivity index (χ1) is 7.06. The van der Waals surface area contributed by atoms with Crippen molar-refractivity contribution >= 4 is 5.97 Å². The lowest BCUT2D eigenvalue weighted by atomic mass is 9.90. The maximum absolute atomic E-state index is 10.9. The first-order valence-corrected chi connectivity index (χ1v) is 6.02. The van der Waals surface area contributed by atoms with Crippen LogP contribution >= 0.6 is 0 Å². The van der Waals surface area contributed by atoms with Crippen LogP contribution in [0.2, 0.25) is 0 Å². The monoisotopic (exact) mass is 216 g/mol. The normalized spacial score (nSPS) is 14.9. The Morgan fingerprint density at radius 2 is 1.53 bits per heavy atom. The molecule has 0 rings (SSSR count). The molecule has 1 atom stereocenters. The van der Waals surface area contributed by atoms with Gasteiger partial charge in [0.15, 0.2) is 5.60 Å². The number of rotatable bonds is 9. The number of hydrogen-bond donors (Lipinski definition) is 2. The molecule has 90 valence electrons. The summed E-state index contributed by atoms with van der Waals surface area (Å²) in [4.78, 5) is 10.9. The van der Waals surface area contributed by atoms with Gasteiger partial charge in [-0.3, -0.25) is 0 Å². The van der Waals surface area contributed by atoms with E-state index in [9.17, 15) is 9.90 Å². The minimum absolute atomic E-state index is 0.380. The highest BCUT2D eigenvalue weighted by molar-refractivity contribution is 5.76. The predicted octanol–water partition coefficient (Wildman–Crippen LogP) is 2.96. The highest BCUT2D eigenvalue weighted by Crippen LogP contribution is 2.22. The molecule has 0 aromatic carbocycles. The fourth-order valence-electron chi connectivity index (χ4n) is 1.65. The summed E-state index contributed by atoms with van der Waals surface area (Å²) in [7, 11) is 0. The molecule has 0 spiro atoms. The van der Waals surface area contributed by atoms with E-state index in [1.165, 1.54) is 0 Å². The number of hydrogen-bond acceptors (Lipinski definition) is 2. The van der Waals surface area contributed by atoms with Crippen molar-refractivity contribution < 1.29 is 15.0 Å². The van der Waals surface area contributed by atoms with Crippen LogP contribution in [0.1, 0.15) is 65.2 Å². The van der Waals surface area contributed by atoms with E-state index in [4.69, 9.17) is 5.11 Å². The average Bonchev–Trinajstić information content (AvgIpc) is 2.21. The van der Waals surface area contributed by atoms with Crippen molar-refractivity contribution in [1.82, 2.24) is 0 Å². The van der Waals surface area contributed by atoms with Crippen molar-refractivity contribution in [3.05, 3.63) is 0 Å². The summed E-state index contributed by atoms with van der Waals surface area (Å²) in [5.74, 6) is -1.06. The van der Waals surface area contributed by atoms with Crippen molar-refractivity contribution in [2.45, 2.75) is 70.8 Å². The van der Waals surface area contributed by atoms with Gasteiger partial charge in [-0.05, 0) is 19.3 Å². The van der Waals surface area contributed by atoms with Gasteiger partial charge in [-0.2, -0.15) is 0 Å². The molecular formula is C12H24O3. The van der Waals surface area contributed by atoms with Gasteiger partial charge in [0, 0.05) is 0 Å². The summed E-state index contributed by atoms with van der Waals surface area (Å²) in [6, 6.07) is 0. The van der Waals surface area contributed by atoms with Crippen molar-refractivity contribution in [1.29, 1.82) is 0 Å². The highest BCUT2D eigenvalue weighted by Gasteiger charge is 2.34. The number of carboxylic acid groups (broad SMARTS) is 1. The zero-order valence-electron chi connectivity index (χ0n) is 9.96. The fourth-order valence-corrected chi connectivity index (χ4v) is 1.65. The van der Waals surface area contributed by atoms with Crippen LogP contribution in [-0.2, 0) is 4.79 Å². The number of aliphatic hydroxyl groups is 1. The zero-order chi connectivity index (χ0) is 11.7. The Bertz CT molecular complexity index is 180. The number of carbonyl (C=O) groups is 1. The summed E-state index contributed by atoms with van der Waals surface area (Å²) < 4.78 is 0. The molecule has 2 N–H and O–H groups in total. The second-order valence-electron chi connectivity index (χ2n) is 4.25. The summed E-state index contributed by atoms with van der Waals surface area (Å²) in [5.41, 5.74) is -1.48. The predicted molar refractivity (Wildman–Crippen MR) is 60.9 cm³/mol. The van der Waals surface area contributed by atoms with Crippen LogP contribution in [-0.4, -0.2) is 21.8 Å². The van der Waals surface area contributed by atoms with Gasteiger partial charge in [-0.25, -0.2) is 4.79 Å². The van der Waals surface area contributed by atoms with E-state index in [1.807, 2.05) is 6.92 Å². The standard InChI is InChI=1S/C12H24O3/c1-3-5-7-8-10-12(15,11(13)14)9-6-4-2/h15H,3-10H2,1-2H3,(H,13,14). The summed E-state index contributed by atoms with van der Waals surface area (Å²) >= 11 is 0. The molecule has 0 aromatic rings. The van der Waals surface area contributed by atoms with Crippen LogP contribution in [0.5, 0.6) is 0 Å². The Morgan fingerprint density at radius 1 is 1.00 bits per heavy atom. The molecular weight excluding hydrogens is 192 g/mol. The molecule has 0 saturated heterocycles. The molecule has 0 fully saturated rings. The lowest BCUT2D eigenvalue weighted by Crippen LogP contribution is -2.38. The summed E-state index contributed by atoms with van der Waals surface area (Å²) in [6.07, 6.45) is 6.52. The van der Waals surface area contributed by atoms with Gasteiger partial charge >= 0.3 is 5.97 Å². The Labute approximate surface area is 92.5 Å². The van der Waals surface area contributed by atoms with E-state index >= 15 is 0 Å². The van der Waals surface area contributed by atoms with Gasteiger partial charge in [0.05, 0.1) is 0 Å². The molecule has 0 bridgehead atoms. The molecule has 3 heteroatoms. The van der Waals surface area contributed by atoms with Crippen molar-refractivity contribution in [2.75, 3.05) is 0 Å². The van der Waals surface area contributed by atoms with Crippen molar-refractivity contribution in [2.24, 2.45) is 0 Å². The molecule has 0 amide bonds. The SMILES string of the molecule is CCCCCCC(O)(CCCC)C(=O)O. The fraction of sp³-hybridized carbons (Fsp3) is 0.917. The van der Waals surface area contributed by atoms with E-state index in [1.54, 1.807) is 0 Å². The third-order valence-corrected chi connectivity index (χ3v) is 2.79. The first-order valence-electron chi connectivity index (χ1n) is 6.02. The van der Waals surface area contributed by atoms with Crippen LogP contribution in [0.3, 0.4) is 0 Å². The average molecular weight is 216 g/mol. The van der Waals surface area contributed by atoms with E-state index in [-0.39, 0.29) is 0 Å². The lowest BCUT2D eigenvalue weighted by Gasteiger charge is -2.23. The van der Waals surface area contributed by atoms with E-state index < -0.39 is 11.6 Å². The first kappa shape index (κ1) is 14.4. The Kier molecular flexibility index (Phi) is 7.39. The van der Waals surface area contributed by atoms with Gasteiger partial charge in [0.1, 0.15) is 0 Å². The maximum atomic E-state index is 10.9. The van der Waals surface area contributed by atoms with Gasteiger partial charge in [0.25, 0.3) is 0 Å². The number of aliphatic carboxylic acids is 1. The molecule has 0 saturated carbocycles. The van der Waals surface area contributed by atoms with Crippen molar-refractivity contribution in [3.8, 4) is 0 Å². The molecule has 0 aliphatic rings. The Balaban J connectivity index is 3.96. The number of carboxylic acids is 1. The maximum Gasteiger partial charge on any atom is 0.335 e. The van der Waals surface area contributed by atoms with Gasteiger partial charge < -0.3 is 10.2 Å². The van der Waals surface area contributed by atoms with Gasteiger partial charge in [0.2, 0.25) is 0 Å². The molecule has 0 aliphatic heterocycles. The summed E-state index contributed by atoms with van der Waals surface area (Å²) in [6.45, 7) is 4.11. The van der Waals surface area contributed by atoms with E-state index in [0.29, 0.717) is 12.8 Å². The zero-order valence-corrected chi connectivity index (χ0v) is 9.96. The van der Waals surface area contributed by atoms with Crippen LogP contribution in [0.15, 0.2) is 0 Å². The van der Waals surface area contributed by atoms with E-state index in [0.717, 1.165) is 38.5 Å². The largest absolute Gasteiger partial charge is 0.479 e. The number of unbranched alkanes of at least 4 members (excludes halogenated alkanes) is 4. The van der Waals surface area contributed by atoms with Crippen LogP contribution in [0.4, 0.5) is 0 Å². The Hall–Kier alpha value is -0.570. The molecule has 0 aromatic heterocycles. The van der Waals surface area contributed by atoms with Crippen LogP contribution in [0, 0.1) is 0 Å². The van der Waals surface area contributed by atoms with Crippen molar-refractivity contribution in [3.63, 3.8) is 0 Å². The lowest BCUT2D eigenvalue weighted by molar-refractivity contribution is -0.160.